The maximum Gasteiger partial charge on any atom is 1.00 e. The molecule has 5 heteroatoms. The van der Waals surface area contributed by atoms with Gasteiger partial charge in [-0.1, -0.05) is 19.4 Å². The first kappa shape index (κ1) is 15.2. The summed E-state index contributed by atoms with van der Waals surface area (Å²) in [7, 11) is 0. The summed E-state index contributed by atoms with van der Waals surface area (Å²) in [6, 6.07) is 0. The molecule has 0 amide bonds. The van der Waals surface area contributed by atoms with Crippen LogP contribution in [0.3, 0.4) is 0 Å². The predicted octanol–water partition coefficient (Wildman–Crippen LogP) is -3.06. The average molecular weight is 194 g/mol. The van der Waals surface area contributed by atoms with Crippen molar-refractivity contribution in [2.45, 2.75) is 26.2 Å². The first-order chi connectivity index (χ1) is 5.57. The van der Waals surface area contributed by atoms with E-state index in [9.17, 15) is 14.7 Å². The number of allylic oxidation sites excluding steroid dienone is 1. The second kappa shape index (κ2) is 8.29. The third-order valence-electron chi connectivity index (χ3n) is 1.29. The number of carboxylic acid groups (broad SMARTS) is 2. The topological polar surface area (TPSA) is 77.4 Å². The van der Waals surface area contributed by atoms with Gasteiger partial charge in [-0.25, -0.2) is 4.79 Å². The molecule has 0 fully saturated rings. The Morgan fingerprint density at radius 3 is 2.31 bits per heavy atom. The van der Waals surface area contributed by atoms with Crippen LogP contribution in [0.2, 0.25) is 0 Å². The zero-order chi connectivity index (χ0) is 9.56. The van der Waals surface area contributed by atoms with Crippen molar-refractivity contribution < 1.29 is 49.4 Å². The Hall–Kier alpha value is -0.320. The zero-order valence-corrected chi connectivity index (χ0v) is 9.87. The molecule has 0 radical (unpaired) electrons. The molecule has 0 aliphatic heterocycles. The van der Waals surface area contributed by atoms with Crippen molar-refractivity contribution in [3.63, 3.8) is 0 Å². The molecule has 4 nitrogen and oxygen atoms in total. The van der Waals surface area contributed by atoms with Crippen LogP contribution in [0.25, 0.3) is 0 Å². The van der Waals surface area contributed by atoms with Gasteiger partial charge in [0.1, 0.15) is 0 Å². The Morgan fingerprint density at radius 1 is 1.46 bits per heavy atom. The van der Waals surface area contributed by atoms with Gasteiger partial charge in [0.15, 0.2) is 0 Å². The first-order valence-electron chi connectivity index (χ1n) is 3.70. The van der Waals surface area contributed by atoms with Crippen LogP contribution >= 0.6 is 0 Å². The fraction of sp³-hybridized carbons (Fsp3) is 0.500. The van der Waals surface area contributed by atoms with Gasteiger partial charge in [0, 0.05) is 18.0 Å². The summed E-state index contributed by atoms with van der Waals surface area (Å²) in [6.07, 6.45) is 2.27. The molecule has 0 aromatic rings. The SMILES string of the molecule is CCC/C=C(/CC(=O)[O-])C(=O)O.[Na+]. The maximum absolute atomic E-state index is 10.4. The van der Waals surface area contributed by atoms with Crippen molar-refractivity contribution in [2.75, 3.05) is 0 Å². The normalized spacial score (nSPS) is 10.4. The molecule has 0 saturated heterocycles. The van der Waals surface area contributed by atoms with E-state index in [1.54, 1.807) is 0 Å². The quantitative estimate of drug-likeness (QED) is 0.372. The van der Waals surface area contributed by atoms with Crippen LogP contribution in [-0.2, 0) is 9.59 Å². The molecule has 0 atom stereocenters. The van der Waals surface area contributed by atoms with Gasteiger partial charge in [-0.2, -0.15) is 0 Å². The fourth-order valence-electron chi connectivity index (χ4n) is 0.709. The van der Waals surface area contributed by atoms with Crippen molar-refractivity contribution in [3.05, 3.63) is 11.6 Å². The molecule has 0 unspecified atom stereocenters. The van der Waals surface area contributed by atoms with Gasteiger partial charge in [-0.05, 0) is 6.42 Å². The molecule has 0 aromatic heterocycles. The van der Waals surface area contributed by atoms with Crippen LogP contribution in [0.4, 0.5) is 0 Å². The van der Waals surface area contributed by atoms with Crippen LogP contribution in [0, 0.1) is 0 Å². The van der Waals surface area contributed by atoms with E-state index in [-0.39, 0.29) is 35.1 Å². The van der Waals surface area contributed by atoms with E-state index in [2.05, 4.69) is 0 Å². The third-order valence-corrected chi connectivity index (χ3v) is 1.29. The van der Waals surface area contributed by atoms with Crippen LogP contribution in [0.1, 0.15) is 26.2 Å². The second-order valence-corrected chi connectivity index (χ2v) is 2.37. The molecule has 68 valence electrons. The first-order valence-corrected chi connectivity index (χ1v) is 3.70. The van der Waals surface area contributed by atoms with Crippen molar-refractivity contribution in [1.82, 2.24) is 0 Å². The van der Waals surface area contributed by atoms with Gasteiger partial charge >= 0.3 is 35.5 Å². The number of rotatable bonds is 5. The molecule has 0 heterocycles. The van der Waals surface area contributed by atoms with Crippen LogP contribution in [-0.4, -0.2) is 17.0 Å². The summed E-state index contributed by atoms with van der Waals surface area (Å²) < 4.78 is 0. The molecule has 0 aromatic carbocycles. The van der Waals surface area contributed by atoms with E-state index in [0.717, 1.165) is 6.42 Å². The smallest absolute Gasteiger partial charge is 0.550 e. The third kappa shape index (κ3) is 8.02. The van der Waals surface area contributed by atoms with Crippen LogP contribution in [0.5, 0.6) is 0 Å². The zero-order valence-electron chi connectivity index (χ0n) is 7.87. The summed E-state index contributed by atoms with van der Waals surface area (Å²) in [5, 5.41) is 18.6. The molecule has 0 spiro atoms. The Bertz CT molecular complexity index is 210. The molecule has 0 aliphatic carbocycles. The minimum atomic E-state index is -1.36. The van der Waals surface area contributed by atoms with Gasteiger partial charge in [0.2, 0.25) is 0 Å². The standard InChI is InChI=1S/C8H12O4.Na/c1-2-3-4-6(8(11)12)5-7(9)10;/h4H,2-3,5H2,1H3,(H,9,10)(H,11,12);/q;+1/p-1/b6-4-;. The second-order valence-electron chi connectivity index (χ2n) is 2.37. The number of unbranched alkanes of at least 4 members (excludes halogenated alkanes) is 1. The average Bonchev–Trinajstić information content (AvgIpc) is 1.96. The summed E-state index contributed by atoms with van der Waals surface area (Å²) in [5.41, 5.74) is -0.100. The molecule has 0 bridgehead atoms. The molecule has 1 N–H and O–H groups in total. The minimum Gasteiger partial charge on any atom is -0.550 e. The van der Waals surface area contributed by atoms with Gasteiger partial charge in [-0.3, -0.25) is 0 Å². The summed E-state index contributed by atoms with van der Waals surface area (Å²) >= 11 is 0. The van der Waals surface area contributed by atoms with Gasteiger partial charge in [-0.15, -0.1) is 0 Å². The van der Waals surface area contributed by atoms with E-state index >= 15 is 0 Å². The molecule has 0 aliphatic rings. The summed E-state index contributed by atoms with van der Waals surface area (Å²) in [5.74, 6) is -2.55. The van der Waals surface area contributed by atoms with E-state index in [4.69, 9.17) is 5.11 Å². The maximum atomic E-state index is 10.4. The van der Waals surface area contributed by atoms with Crippen LogP contribution < -0.4 is 34.7 Å². The molecule has 0 rings (SSSR count). The van der Waals surface area contributed by atoms with Crippen LogP contribution in [0.15, 0.2) is 11.6 Å². The Morgan fingerprint density at radius 2 is 2.00 bits per heavy atom. The molecular formula is C8H11NaO4. The van der Waals surface area contributed by atoms with Gasteiger partial charge < -0.3 is 15.0 Å². The largest absolute Gasteiger partial charge is 1.00 e. The molecular weight excluding hydrogens is 183 g/mol. The van der Waals surface area contributed by atoms with Gasteiger partial charge in [0.05, 0.1) is 0 Å². The number of hydrogen-bond acceptors (Lipinski definition) is 3. The number of aliphatic carboxylic acids is 2. The minimum absolute atomic E-state index is 0. The summed E-state index contributed by atoms with van der Waals surface area (Å²) in [6.45, 7) is 1.88. The van der Waals surface area contributed by atoms with E-state index in [1.807, 2.05) is 6.92 Å². The number of hydrogen-bond donors (Lipinski definition) is 1. The van der Waals surface area contributed by atoms with Crippen molar-refractivity contribution >= 4 is 11.9 Å². The summed E-state index contributed by atoms with van der Waals surface area (Å²) in [4.78, 5) is 20.4. The molecule has 13 heavy (non-hydrogen) atoms. The number of carboxylic acids is 2. The Kier molecular flexibility index (Phi) is 9.67. The van der Waals surface area contributed by atoms with E-state index < -0.39 is 18.4 Å². The predicted molar refractivity (Wildman–Crippen MR) is 40.3 cm³/mol. The van der Waals surface area contributed by atoms with Crippen molar-refractivity contribution in [1.29, 1.82) is 0 Å². The van der Waals surface area contributed by atoms with E-state index in [0.29, 0.717) is 6.42 Å². The Labute approximate surface area is 98.9 Å². The monoisotopic (exact) mass is 194 g/mol. The van der Waals surface area contributed by atoms with Crippen molar-refractivity contribution in [3.8, 4) is 0 Å². The van der Waals surface area contributed by atoms with Gasteiger partial charge in [0.25, 0.3) is 0 Å². The number of carbonyl (C=O) groups is 2. The van der Waals surface area contributed by atoms with Crippen molar-refractivity contribution in [2.24, 2.45) is 0 Å². The molecule has 0 saturated carbocycles. The van der Waals surface area contributed by atoms with E-state index in [1.165, 1.54) is 6.08 Å². The fourth-order valence-corrected chi connectivity index (χ4v) is 0.709. The Balaban J connectivity index is 0. The number of carbonyl (C=O) groups excluding carboxylic acids is 1.